The Kier molecular flexibility index (Phi) is 2.92. The van der Waals surface area contributed by atoms with Crippen molar-refractivity contribution in [1.29, 1.82) is 0 Å². The SMILES string of the molecule is COc1ccc2c(c1OC)Cc1ccccc1S2. The zero-order valence-electron chi connectivity index (χ0n) is 10.4. The molecule has 0 N–H and O–H groups in total. The number of benzene rings is 2. The lowest BCUT2D eigenvalue weighted by atomic mass is 10.0. The zero-order chi connectivity index (χ0) is 12.5. The van der Waals surface area contributed by atoms with E-state index in [1.54, 1.807) is 26.0 Å². The standard InChI is InChI=1S/C15H14O2S/c1-16-12-7-8-14-11(15(12)17-2)9-10-5-3-4-6-13(10)18-14/h3-8H,9H2,1-2H3. The lowest BCUT2D eigenvalue weighted by Crippen LogP contribution is -2.03. The molecule has 0 fully saturated rings. The molecule has 3 heteroatoms. The molecule has 0 radical (unpaired) electrons. The number of rotatable bonds is 2. The van der Waals surface area contributed by atoms with Crippen LogP contribution < -0.4 is 9.47 Å². The van der Waals surface area contributed by atoms with Gasteiger partial charge in [-0.05, 0) is 23.8 Å². The van der Waals surface area contributed by atoms with Gasteiger partial charge in [0.05, 0.1) is 14.2 Å². The summed E-state index contributed by atoms with van der Waals surface area (Å²) >= 11 is 1.80. The third-order valence-corrected chi connectivity index (χ3v) is 4.39. The average Bonchev–Trinajstić information content (AvgIpc) is 2.43. The Bertz CT molecular complexity index is 593. The number of ether oxygens (including phenoxy) is 2. The molecule has 0 saturated carbocycles. The minimum Gasteiger partial charge on any atom is -0.493 e. The summed E-state index contributed by atoms with van der Waals surface area (Å²) < 4.78 is 10.9. The summed E-state index contributed by atoms with van der Waals surface area (Å²) in [6, 6.07) is 12.6. The van der Waals surface area contributed by atoms with Crippen LogP contribution >= 0.6 is 11.8 Å². The number of hydrogen-bond donors (Lipinski definition) is 0. The summed E-state index contributed by atoms with van der Waals surface area (Å²) in [5, 5.41) is 0. The molecule has 1 aliphatic heterocycles. The Balaban J connectivity index is 2.13. The first-order valence-corrected chi connectivity index (χ1v) is 6.64. The fourth-order valence-corrected chi connectivity index (χ4v) is 3.37. The van der Waals surface area contributed by atoms with Crippen molar-refractivity contribution in [3.8, 4) is 11.5 Å². The van der Waals surface area contributed by atoms with E-state index >= 15 is 0 Å². The molecule has 1 aliphatic rings. The molecule has 0 aliphatic carbocycles. The monoisotopic (exact) mass is 258 g/mol. The highest BCUT2D eigenvalue weighted by Crippen LogP contribution is 2.46. The molecular formula is C15H14O2S. The van der Waals surface area contributed by atoms with E-state index in [2.05, 4.69) is 30.3 Å². The zero-order valence-corrected chi connectivity index (χ0v) is 11.2. The van der Waals surface area contributed by atoms with Crippen molar-refractivity contribution >= 4 is 11.8 Å². The van der Waals surface area contributed by atoms with E-state index in [9.17, 15) is 0 Å². The predicted octanol–water partition coefficient (Wildman–Crippen LogP) is 3.76. The van der Waals surface area contributed by atoms with Crippen LogP contribution in [0.15, 0.2) is 46.2 Å². The Morgan fingerprint density at radius 2 is 1.78 bits per heavy atom. The molecule has 0 bridgehead atoms. The Labute approximate surface area is 111 Å². The van der Waals surface area contributed by atoms with Crippen LogP contribution in [-0.2, 0) is 6.42 Å². The van der Waals surface area contributed by atoms with Gasteiger partial charge in [0, 0.05) is 21.8 Å². The Morgan fingerprint density at radius 1 is 0.944 bits per heavy atom. The van der Waals surface area contributed by atoms with Gasteiger partial charge in [-0.15, -0.1) is 0 Å². The van der Waals surface area contributed by atoms with Gasteiger partial charge in [-0.2, -0.15) is 0 Å². The van der Waals surface area contributed by atoms with Crippen LogP contribution in [0.3, 0.4) is 0 Å². The van der Waals surface area contributed by atoms with E-state index in [1.165, 1.54) is 20.9 Å². The first kappa shape index (κ1) is 11.5. The second kappa shape index (κ2) is 4.58. The Morgan fingerprint density at radius 3 is 2.56 bits per heavy atom. The summed E-state index contributed by atoms with van der Waals surface area (Å²) in [7, 11) is 3.37. The molecule has 2 aromatic rings. The van der Waals surface area contributed by atoms with E-state index < -0.39 is 0 Å². The number of fused-ring (bicyclic) bond motifs is 2. The summed E-state index contributed by atoms with van der Waals surface area (Å²) in [5.41, 5.74) is 2.57. The molecule has 0 saturated heterocycles. The molecule has 92 valence electrons. The third-order valence-electron chi connectivity index (χ3n) is 3.17. The van der Waals surface area contributed by atoms with E-state index in [4.69, 9.17) is 9.47 Å². The van der Waals surface area contributed by atoms with E-state index in [-0.39, 0.29) is 0 Å². The molecule has 2 aromatic carbocycles. The van der Waals surface area contributed by atoms with Gasteiger partial charge in [0.2, 0.25) is 0 Å². The molecule has 0 spiro atoms. The van der Waals surface area contributed by atoms with Crippen LogP contribution in [0.4, 0.5) is 0 Å². The van der Waals surface area contributed by atoms with Gasteiger partial charge in [0.25, 0.3) is 0 Å². The van der Waals surface area contributed by atoms with E-state index in [0.717, 1.165) is 17.9 Å². The van der Waals surface area contributed by atoms with Crippen molar-refractivity contribution in [2.45, 2.75) is 16.2 Å². The second-order valence-electron chi connectivity index (χ2n) is 4.16. The van der Waals surface area contributed by atoms with Gasteiger partial charge in [0.15, 0.2) is 11.5 Å². The maximum absolute atomic E-state index is 5.51. The summed E-state index contributed by atoms with van der Waals surface area (Å²) in [6.45, 7) is 0. The van der Waals surface area contributed by atoms with Gasteiger partial charge in [-0.3, -0.25) is 0 Å². The number of methoxy groups -OCH3 is 2. The van der Waals surface area contributed by atoms with Crippen LogP contribution in [-0.4, -0.2) is 14.2 Å². The molecule has 0 unspecified atom stereocenters. The first-order valence-electron chi connectivity index (χ1n) is 5.83. The van der Waals surface area contributed by atoms with Crippen molar-refractivity contribution in [3.05, 3.63) is 47.5 Å². The Hall–Kier alpha value is -1.61. The van der Waals surface area contributed by atoms with Crippen LogP contribution in [0.1, 0.15) is 11.1 Å². The third kappa shape index (κ3) is 1.75. The summed E-state index contributed by atoms with van der Waals surface area (Å²) in [6.07, 6.45) is 0.902. The van der Waals surface area contributed by atoms with Gasteiger partial charge < -0.3 is 9.47 Å². The largest absolute Gasteiger partial charge is 0.493 e. The molecule has 0 amide bonds. The van der Waals surface area contributed by atoms with Crippen molar-refractivity contribution < 1.29 is 9.47 Å². The fraction of sp³-hybridized carbons (Fsp3) is 0.200. The minimum atomic E-state index is 0.802. The van der Waals surface area contributed by atoms with Crippen LogP contribution in [0.5, 0.6) is 11.5 Å². The maximum atomic E-state index is 5.51. The normalized spacial score (nSPS) is 12.6. The van der Waals surface area contributed by atoms with Gasteiger partial charge >= 0.3 is 0 Å². The minimum absolute atomic E-state index is 0.802. The fourth-order valence-electron chi connectivity index (χ4n) is 2.29. The van der Waals surface area contributed by atoms with Crippen LogP contribution in [0, 0.1) is 0 Å². The van der Waals surface area contributed by atoms with Gasteiger partial charge in [0.1, 0.15) is 0 Å². The van der Waals surface area contributed by atoms with E-state index in [0.29, 0.717) is 0 Å². The first-order chi connectivity index (χ1) is 8.83. The van der Waals surface area contributed by atoms with Crippen LogP contribution in [0.2, 0.25) is 0 Å². The van der Waals surface area contributed by atoms with Gasteiger partial charge in [-0.1, -0.05) is 30.0 Å². The molecule has 2 nitrogen and oxygen atoms in total. The van der Waals surface area contributed by atoms with Crippen molar-refractivity contribution in [1.82, 2.24) is 0 Å². The topological polar surface area (TPSA) is 18.5 Å². The molecule has 0 atom stereocenters. The highest BCUT2D eigenvalue weighted by molar-refractivity contribution is 7.99. The predicted molar refractivity (Wildman–Crippen MR) is 72.9 cm³/mol. The molecule has 18 heavy (non-hydrogen) atoms. The summed E-state index contributed by atoms with van der Waals surface area (Å²) in [5.74, 6) is 1.66. The smallest absolute Gasteiger partial charge is 0.165 e. The maximum Gasteiger partial charge on any atom is 0.165 e. The molecule has 1 heterocycles. The highest BCUT2D eigenvalue weighted by Gasteiger charge is 2.21. The highest BCUT2D eigenvalue weighted by atomic mass is 32.2. The van der Waals surface area contributed by atoms with Crippen LogP contribution in [0.25, 0.3) is 0 Å². The van der Waals surface area contributed by atoms with Gasteiger partial charge in [-0.25, -0.2) is 0 Å². The quantitative estimate of drug-likeness (QED) is 0.697. The number of hydrogen-bond acceptors (Lipinski definition) is 3. The van der Waals surface area contributed by atoms with Crippen molar-refractivity contribution in [2.75, 3.05) is 14.2 Å². The van der Waals surface area contributed by atoms with E-state index in [1.807, 2.05) is 6.07 Å². The summed E-state index contributed by atoms with van der Waals surface area (Å²) in [4.78, 5) is 2.59. The van der Waals surface area contributed by atoms with Crippen molar-refractivity contribution in [3.63, 3.8) is 0 Å². The lowest BCUT2D eigenvalue weighted by Gasteiger charge is -2.22. The average molecular weight is 258 g/mol. The lowest BCUT2D eigenvalue weighted by molar-refractivity contribution is 0.351. The molecule has 3 rings (SSSR count). The second-order valence-corrected chi connectivity index (χ2v) is 5.25. The molecule has 0 aromatic heterocycles. The van der Waals surface area contributed by atoms with Crippen molar-refractivity contribution in [2.24, 2.45) is 0 Å². The molecular weight excluding hydrogens is 244 g/mol.